The Morgan fingerprint density at radius 2 is 2.19 bits per heavy atom. The molecular weight excluding hydrogens is 211 g/mol. The van der Waals surface area contributed by atoms with Crippen molar-refractivity contribution in [1.29, 1.82) is 0 Å². The molecule has 1 aromatic carbocycles. The van der Waals surface area contributed by atoms with Crippen molar-refractivity contribution in [3.05, 3.63) is 29.1 Å². The Kier molecular flexibility index (Phi) is 4.28. The average Bonchev–Trinajstić information content (AvgIpc) is 2.24. The van der Waals surface area contributed by atoms with Crippen molar-refractivity contribution >= 4 is 5.97 Å². The quantitative estimate of drug-likeness (QED) is 0.839. The number of rotatable bonds is 5. The minimum atomic E-state index is -0.868. The van der Waals surface area contributed by atoms with Gasteiger partial charge in [0.25, 0.3) is 0 Å². The van der Waals surface area contributed by atoms with E-state index in [-0.39, 0.29) is 12.2 Å². The van der Waals surface area contributed by atoms with Gasteiger partial charge in [-0.25, -0.2) is 4.39 Å². The van der Waals surface area contributed by atoms with Crippen molar-refractivity contribution in [1.82, 2.24) is 0 Å². The van der Waals surface area contributed by atoms with E-state index in [1.165, 1.54) is 7.11 Å². The summed E-state index contributed by atoms with van der Waals surface area (Å²) in [6.07, 6.45) is 0.825. The minimum Gasteiger partial charge on any atom is -0.496 e. The third-order valence-corrected chi connectivity index (χ3v) is 2.43. The summed E-state index contributed by atoms with van der Waals surface area (Å²) in [4.78, 5) is 10.4. The van der Waals surface area contributed by atoms with Crippen LogP contribution in [-0.2, 0) is 11.2 Å². The van der Waals surface area contributed by atoms with Crippen LogP contribution in [0.25, 0.3) is 0 Å². The summed E-state index contributed by atoms with van der Waals surface area (Å²) in [5, 5.41) is 8.52. The molecule has 0 heterocycles. The van der Waals surface area contributed by atoms with E-state index in [0.717, 1.165) is 0 Å². The van der Waals surface area contributed by atoms with Crippen LogP contribution in [-0.4, -0.2) is 18.2 Å². The van der Waals surface area contributed by atoms with Crippen LogP contribution < -0.4 is 4.74 Å². The van der Waals surface area contributed by atoms with Crippen molar-refractivity contribution in [2.45, 2.75) is 26.2 Å². The van der Waals surface area contributed by atoms with Gasteiger partial charge in [-0.1, -0.05) is 6.07 Å². The van der Waals surface area contributed by atoms with Crippen LogP contribution in [0, 0.1) is 12.7 Å². The Labute approximate surface area is 93.9 Å². The Morgan fingerprint density at radius 3 is 2.75 bits per heavy atom. The fourth-order valence-corrected chi connectivity index (χ4v) is 1.56. The Balaban J connectivity index is 2.83. The molecule has 0 radical (unpaired) electrons. The molecule has 0 aliphatic carbocycles. The summed E-state index contributed by atoms with van der Waals surface area (Å²) < 4.78 is 18.8. The first-order valence-electron chi connectivity index (χ1n) is 5.10. The molecule has 4 heteroatoms. The predicted molar refractivity (Wildman–Crippen MR) is 58.3 cm³/mol. The molecule has 0 saturated heterocycles. The summed E-state index contributed by atoms with van der Waals surface area (Å²) in [5.74, 6) is -0.690. The zero-order chi connectivity index (χ0) is 12.1. The molecular formula is C12H15FO3. The van der Waals surface area contributed by atoms with Gasteiger partial charge in [-0.05, 0) is 31.4 Å². The number of hydrogen-bond donors (Lipinski definition) is 1. The Bertz CT molecular complexity index is 388. The second kappa shape index (κ2) is 5.49. The predicted octanol–water partition coefficient (Wildman–Crippen LogP) is 2.55. The second-order valence-corrected chi connectivity index (χ2v) is 3.62. The number of aliphatic carboxylic acids is 1. The first-order chi connectivity index (χ1) is 7.56. The van der Waals surface area contributed by atoms with Crippen molar-refractivity contribution in [3.8, 4) is 5.75 Å². The molecule has 0 spiro atoms. The van der Waals surface area contributed by atoms with Crippen LogP contribution in [0.15, 0.2) is 12.1 Å². The number of aryl methyl sites for hydroxylation is 1. The summed E-state index contributed by atoms with van der Waals surface area (Å²) >= 11 is 0. The normalized spacial score (nSPS) is 10.2. The number of hydrogen-bond acceptors (Lipinski definition) is 2. The van der Waals surface area contributed by atoms with Gasteiger partial charge in [0, 0.05) is 12.0 Å². The molecule has 0 bridgehead atoms. The monoisotopic (exact) mass is 226 g/mol. The molecule has 1 aromatic rings. The van der Waals surface area contributed by atoms with Crippen molar-refractivity contribution in [2.24, 2.45) is 0 Å². The van der Waals surface area contributed by atoms with Gasteiger partial charge >= 0.3 is 5.97 Å². The summed E-state index contributed by atoms with van der Waals surface area (Å²) in [5.41, 5.74) is 1.01. The average molecular weight is 226 g/mol. The van der Waals surface area contributed by atoms with Gasteiger partial charge in [0.2, 0.25) is 0 Å². The van der Waals surface area contributed by atoms with Gasteiger partial charge in [0.05, 0.1) is 7.11 Å². The standard InChI is InChI=1S/C12H15FO3/c1-8-6-7-10(16-2)9(12(8)13)4-3-5-11(14)15/h6-7H,3-5H2,1-2H3,(H,14,15). The van der Waals surface area contributed by atoms with E-state index in [2.05, 4.69) is 0 Å². The van der Waals surface area contributed by atoms with Gasteiger partial charge in [0.1, 0.15) is 11.6 Å². The summed E-state index contributed by atoms with van der Waals surface area (Å²) in [6.45, 7) is 1.68. The van der Waals surface area contributed by atoms with Crippen LogP contribution in [0.3, 0.4) is 0 Å². The highest BCUT2D eigenvalue weighted by atomic mass is 19.1. The Hall–Kier alpha value is -1.58. The number of carboxylic acid groups (broad SMARTS) is 1. The molecule has 0 fully saturated rings. The van der Waals surface area contributed by atoms with Crippen LogP contribution >= 0.6 is 0 Å². The fourth-order valence-electron chi connectivity index (χ4n) is 1.56. The number of carboxylic acids is 1. The lowest BCUT2D eigenvalue weighted by Crippen LogP contribution is -2.01. The molecule has 0 amide bonds. The van der Waals surface area contributed by atoms with E-state index in [4.69, 9.17) is 9.84 Å². The summed E-state index contributed by atoms with van der Waals surface area (Å²) in [6, 6.07) is 3.35. The molecule has 0 unspecified atom stereocenters. The van der Waals surface area contributed by atoms with E-state index in [0.29, 0.717) is 29.7 Å². The van der Waals surface area contributed by atoms with Gasteiger partial charge in [-0.15, -0.1) is 0 Å². The molecule has 0 aliphatic heterocycles. The molecule has 88 valence electrons. The topological polar surface area (TPSA) is 46.5 Å². The zero-order valence-electron chi connectivity index (χ0n) is 9.42. The fraction of sp³-hybridized carbons (Fsp3) is 0.417. The van der Waals surface area contributed by atoms with Crippen LogP contribution in [0.4, 0.5) is 4.39 Å². The summed E-state index contributed by atoms with van der Waals surface area (Å²) in [7, 11) is 1.48. The maximum absolute atomic E-state index is 13.7. The molecule has 1 N–H and O–H groups in total. The lowest BCUT2D eigenvalue weighted by molar-refractivity contribution is -0.137. The number of carbonyl (C=O) groups is 1. The van der Waals surface area contributed by atoms with E-state index in [1.54, 1.807) is 19.1 Å². The molecule has 16 heavy (non-hydrogen) atoms. The highest BCUT2D eigenvalue weighted by molar-refractivity contribution is 5.66. The maximum Gasteiger partial charge on any atom is 0.303 e. The molecule has 1 rings (SSSR count). The van der Waals surface area contributed by atoms with Crippen LogP contribution in [0.2, 0.25) is 0 Å². The van der Waals surface area contributed by atoms with Gasteiger partial charge < -0.3 is 9.84 Å². The highest BCUT2D eigenvalue weighted by Crippen LogP contribution is 2.25. The molecule has 3 nitrogen and oxygen atoms in total. The number of methoxy groups -OCH3 is 1. The highest BCUT2D eigenvalue weighted by Gasteiger charge is 2.12. The molecule has 0 aromatic heterocycles. The number of benzene rings is 1. The molecule has 0 saturated carbocycles. The van der Waals surface area contributed by atoms with Crippen molar-refractivity contribution in [2.75, 3.05) is 7.11 Å². The van der Waals surface area contributed by atoms with Crippen molar-refractivity contribution in [3.63, 3.8) is 0 Å². The minimum absolute atomic E-state index is 0.0382. The SMILES string of the molecule is COc1ccc(C)c(F)c1CCCC(=O)O. The zero-order valence-corrected chi connectivity index (χ0v) is 9.42. The number of halogens is 1. The van der Waals surface area contributed by atoms with Crippen molar-refractivity contribution < 1.29 is 19.0 Å². The third kappa shape index (κ3) is 2.95. The van der Waals surface area contributed by atoms with Crippen LogP contribution in [0.1, 0.15) is 24.0 Å². The van der Waals surface area contributed by atoms with E-state index < -0.39 is 5.97 Å². The van der Waals surface area contributed by atoms with Crippen LogP contribution in [0.5, 0.6) is 5.75 Å². The van der Waals surface area contributed by atoms with Gasteiger partial charge in [-0.2, -0.15) is 0 Å². The lowest BCUT2D eigenvalue weighted by Gasteiger charge is -2.10. The van der Waals surface area contributed by atoms with E-state index in [9.17, 15) is 9.18 Å². The van der Waals surface area contributed by atoms with Gasteiger partial charge in [-0.3, -0.25) is 4.79 Å². The smallest absolute Gasteiger partial charge is 0.303 e. The largest absolute Gasteiger partial charge is 0.496 e. The second-order valence-electron chi connectivity index (χ2n) is 3.62. The van der Waals surface area contributed by atoms with E-state index >= 15 is 0 Å². The third-order valence-electron chi connectivity index (χ3n) is 2.43. The lowest BCUT2D eigenvalue weighted by atomic mass is 10.0. The first kappa shape index (κ1) is 12.5. The number of ether oxygens (including phenoxy) is 1. The molecule has 0 aliphatic rings. The Morgan fingerprint density at radius 1 is 1.50 bits per heavy atom. The first-order valence-corrected chi connectivity index (χ1v) is 5.10. The maximum atomic E-state index is 13.7. The molecule has 0 atom stereocenters. The van der Waals surface area contributed by atoms with E-state index in [1.807, 2.05) is 0 Å². The van der Waals surface area contributed by atoms with Gasteiger partial charge in [0.15, 0.2) is 0 Å².